The van der Waals surface area contributed by atoms with Crippen molar-refractivity contribution in [2.75, 3.05) is 6.61 Å². The lowest BCUT2D eigenvalue weighted by Crippen LogP contribution is -2.17. The molecule has 62 valence electrons. The van der Waals surface area contributed by atoms with Gasteiger partial charge in [-0.15, -0.1) is 0 Å². The second-order valence-corrected chi connectivity index (χ2v) is 3.26. The highest BCUT2D eigenvalue weighted by Gasteiger charge is 2.19. The first-order valence-electron chi connectivity index (χ1n) is 4.05. The number of hydrogen-bond donors (Lipinski definition) is 1. The Morgan fingerprint density at radius 3 is 3.09 bits per heavy atom. The summed E-state index contributed by atoms with van der Waals surface area (Å²) >= 11 is 0. The lowest BCUT2D eigenvalue weighted by molar-refractivity contribution is -0.119. The molecule has 0 aromatic rings. The van der Waals surface area contributed by atoms with Crippen molar-refractivity contribution in [1.82, 2.24) is 0 Å². The third-order valence-electron chi connectivity index (χ3n) is 2.13. The van der Waals surface area contributed by atoms with E-state index in [2.05, 4.69) is 6.92 Å². The van der Waals surface area contributed by atoms with Crippen molar-refractivity contribution in [3.8, 4) is 0 Å². The molecule has 0 bridgehead atoms. The fourth-order valence-corrected chi connectivity index (χ4v) is 1.42. The van der Waals surface area contributed by atoms with Crippen LogP contribution in [0.4, 0.5) is 0 Å². The van der Waals surface area contributed by atoms with Gasteiger partial charge in [0, 0.05) is 5.92 Å². The number of ketones is 1. The van der Waals surface area contributed by atoms with E-state index in [9.17, 15) is 4.79 Å². The van der Waals surface area contributed by atoms with Crippen LogP contribution < -0.4 is 0 Å². The van der Waals surface area contributed by atoms with Crippen molar-refractivity contribution in [2.45, 2.75) is 19.8 Å². The summed E-state index contributed by atoms with van der Waals surface area (Å²) in [6, 6.07) is 0. The largest absolute Gasteiger partial charge is 0.396 e. The van der Waals surface area contributed by atoms with E-state index >= 15 is 0 Å². The SMILES string of the molecule is CC1CC=CC(=O)C(CO)C1. The quantitative estimate of drug-likeness (QED) is 0.615. The van der Waals surface area contributed by atoms with E-state index in [0.717, 1.165) is 12.8 Å². The minimum absolute atomic E-state index is 0.00644. The monoisotopic (exact) mass is 154 g/mol. The Labute approximate surface area is 66.9 Å². The van der Waals surface area contributed by atoms with E-state index < -0.39 is 0 Å². The summed E-state index contributed by atoms with van der Waals surface area (Å²) < 4.78 is 0. The number of aliphatic hydroxyl groups excluding tert-OH is 1. The summed E-state index contributed by atoms with van der Waals surface area (Å²) in [4.78, 5) is 11.1. The number of carbonyl (C=O) groups excluding carboxylic acids is 1. The van der Waals surface area contributed by atoms with Crippen molar-refractivity contribution in [1.29, 1.82) is 0 Å². The molecule has 0 heterocycles. The van der Waals surface area contributed by atoms with Gasteiger partial charge in [0.05, 0.1) is 6.61 Å². The molecule has 0 saturated carbocycles. The van der Waals surface area contributed by atoms with Crippen molar-refractivity contribution in [3.05, 3.63) is 12.2 Å². The van der Waals surface area contributed by atoms with Gasteiger partial charge in [-0.3, -0.25) is 4.79 Å². The van der Waals surface area contributed by atoms with Crippen LogP contribution in [0.15, 0.2) is 12.2 Å². The molecule has 1 rings (SSSR count). The summed E-state index contributed by atoms with van der Waals surface area (Å²) in [7, 11) is 0. The predicted octanol–water partition coefficient (Wildman–Crippen LogP) is 1.15. The zero-order chi connectivity index (χ0) is 8.27. The molecule has 0 radical (unpaired) electrons. The topological polar surface area (TPSA) is 37.3 Å². The maximum atomic E-state index is 11.1. The molecule has 0 aromatic carbocycles. The highest BCUT2D eigenvalue weighted by atomic mass is 16.3. The summed E-state index contributed by atoms with van der Waals surface area (Å²) in [6.45, 7) is 2.10. The summed E-state index contributed by atoms with van der Waals surface area (Å²) in [5.74, 6) is 0.454. The molecule has 2 atom stereocenters. The summed E-state index contributed by atoms with van der Waals surface area (Å²) in [6.07, 6.45) is 5.29. The lowest BCUT2D eigenvalue weighted by Gasteiger charge is -2.11. The molecule has 2 unspecified atom stereocenters. The van der Waals surface area contributed by atoms with Crippen molar-refractivity contribution < 1.29 is 9.90 Å². The van der Waals surface area contributed by atoms with Gasteiger partial charge < -0.3 is 5.11 Å². The number of carbonyl (C=O) groups is 1. The van der Waals surface area contributed by atoms with Gasteiger partial charge in [0.1, 0.15) is 0 Å². The first-order chi connectivity index (χ1) is 5.24. The Bertz CT molecular complexity index is 172. The average molecular weight is 154 g/mol. The van der Waals surface area contributed by atoms with Gasteiger partial charge in [-0.05, 0) is 24.8 Å². The fourth-order valence-electron chi connectivity index (χ4n) is 1.42. The molecule has 0 aliphatic heterocycles. The molecule has 0 amide bonds. The third kappa shape index (κ3) is 2.15. The van der Waals surface area contributed by atoms with Crippen LogP contribution in [0.3, 0.4) is 0 Å². The Morgan fingerprint density at radius 1 is 1.73 bits per heavy atom. The van der Waals surface area contributed by atoms with Crippen molar-refractivity contribution in [2.24, 2.45) is 11.8 Å². The maximum Gasteiger partial charge on any atom is 0.160 e. The minimum Gasteiger partial charge on any atom is -0.396 e. The van der Waals surface area contributed by atoms with Crippen LogP contribution in [0.2, 0.25) is 0 Å². The van der Waals surface area contributed by atoms with Crippen LogP contribution in [0.5, 0.6) is 0 Å². The standard InChI is InChI=1S/C9H14O2/c1-7-3-2-4-9(11)8(5-7)6-10/h2,4,7-8,10H,3,5-6H2,1H3. The van der Waals surface area contributed by atoms with Gasteiger partial charge in [0.25, 0.3) is 0 Å². The smallest absolute Gasteiger partial charge is 0.160 e. The van der Waals surface area contributed by atoms with E-state index in [1.54, 1.807) is 6.08 Å². The van der Waals surface area contributed by atoms with E-state index in [4.69, 9.17) is 5.11 Å². The zero-order valence-electron chi connectivity index (χ0n) is 6.79. The summed E-state index contributed by atoms with van der Waals surface area (Å²) in [5, 5.41) is 8.85. The molecule has 1 aliphatic rings. The molecule has 2 heteroatoms. The number of aliphatic hydroxyl groups is 1. The Hall–Kier alpha value is -0.630. The Kier molecular flexibility index (Phi) is 2.83. The van der Waals surface area contributed by atoms with Crippen LogP contribution in [-0.4, -0.2) is 17.5 Å². The third-order valence-corrected chi connectivity index (χ3v) is 2.13. The van der Waals surface area contributed by atoms with E-state index in [1.807, 2.05) is 6.08 Å². The number of allylic oxidation sites excluding steroid dienone is 2. The molecule has 0 fully saturated rings. The van der Waals surface area contributed by atoms with Gasteiger partial charge in [-0.25, -0.2) is 0 Å². The van der Waals surface area contributed by atoms with Gasteiger partial charge in [0.2, 0.25) is 0 Å². The highest BCUT2D eigenvalue weighted by molar-refractivity contribution is 5.92. The zero-order valence-corrected chi connectivity index (χ0v) is 6.79. The number of hydrogen-bond acceptors (Lipinski definition) is 2. The van der Waals surface area contributed by atoms with Crippen LogP contribution in [-0.2, 0) is 4.79 Å². The molecule has 11 heavy (non-hydrogen) atoms. The predicted molar refractivity (Wildman–Crippen MR) is 43.1 cm³/mol. The van der Waals surface area contributed by atoms with Gasteiger partial charge in [0.15, 0.2) is 5.78 Å². The Morgan fingerprint density at radius 2 is 2.45 bits per heavy atom. The van der Waals surface area contributed by atoms with E-state index in [0.29, 0.717) is 5.92 Å². The lowest BCUT2D eigenvalue weighted by atomic mass is 9.94. The molecule has 1 N–H and O–H groups in total. The first-order valence-corrected chi connectivity index (χ1v) is 4.05. The molecule has 0 aromatic heterocycles. The molecular weight excluding hydrogens is 140 g/mol. The molecule has 1 aliphatic carbocycles. The second kappa shape index (κ2) is 3.67. The van der Waals surface area contributed by atoms with E-state index in [1.165, 1.54) is 0 Å². The van der Waals surface area contributed by atoms with Crippen molar-refractivity contribution >= 4 is 5.78 Å². The van der Waals surface area contributed by atoms with Gasteiger partial charge >= 0.3 is 0 Å². The normalized spacial score (nSPS) is 32.0. The van der Waals surface area contributed by atoms with Crippen molar-refractivity contribution in [3.63, 3.8) is 0 Å². The van der Waals surface area contributed by atoms with Crippen LogP contribution in [0, 0.1) is 11.8 Å². The number of rotatable bonds is 1. The second-order valence-electron chi connectivity index (χ2n) is 3.26. The van der Waals surface area contributed by atoms with Gasteiger partial charge in [-0.2, -0.15) is 0 Å². The maximum absolute atomic E-state index is 11.1. The minimum atomic E-state index is -0.149. The molecule has 0 saturated heterocycles. The van der Waals surface area contributed by atoms with Crippen LogP contribution in [0.1, 0.15) is 19.8 Å². The fraction of sp³-hybridized carbons (Fsp3) is 0.667. The highest BCUT2D eigenvalue weighted by Crippen LogP contribution is 2.20. The first kappa shape index (κ1) is 8.47. The van der Waals surface area contributed by atoms with E-state index in [-0.39, 0.29) is 18.3 Å². The van der Waals surface area contributed by atoms with Crippen LogP contribution >= 0.6 is 0 Å². The Balaban J connectivity index is 2.63. The molecule has 2 nitrogen and oxygen atoms in total. The van der Waals surface area contributed by atoms with Crippen LogP contribution in [0.25, 0.3) is 0 Å². The molecular formula is C9H14O2. The average Bonchev–Trinajstić information content (AvgIpc) is 2.13. The van der Waals surface area contributed by atoms with Gasteiger partial charge in [-0.1, -0.05) is 13.0 Å². The molecule has 0 spiro atoms. The summed E-state index contributed by atoms with van der Waals surface area (Å²) in [5.41, 5.74) is 0.